The lowest BCUT2D eigenvalue weighted by Gasteiger charge is -2.39. The molecule has 2 amide bonds. The number of urea groups is 1. The third kappa shape index (κ3) is 3.81. The lowest BCUT2D eigenvalue weighted by atomic mass is 9.76. The van der Waals surface area contributed by atoms with E-state index in [9.17, 15) is 28.2 Å². The van der Waals surface area contributed by atoms with E-state index in [1.165, 1.54) is 48.5 Å². The highest BCUT2D eigenvalue weighted by molar-refractivity contribution is 7.89. The van der Waals surface area contributed by atoms with Gasteiger partial charge in [0.1, 0.15) is 23.0 Å². The Balaban J connectivity index is 1.60. The van der Waals surface area contributed by atoms with E-state index in [1.54, 1.807) is 30.3 Å². The van der Waals surface area contributed by atoms with Gasteiger partial charge < -0.3 is 25.4 Å². The van der Waals surface area contributed by atoms with E-state index in [-0.39, 0.29) is 51.3 Å². The smallest absolute Gasteiger partial charge is 0.340 e. The number of aromatic hydroxyl groups is 2. The summed E-state index contributed by atoms with van der Waals surface area (Å²) in [7, 11) is -3.94. The number of carbonyl (C=O) groups excluding carboxylic acids is 2. The molecular weight excluding hydrogens is 538 g/mol. The molecule has 12 heteroatoms. The zero-order valence-corrected chi connectivity index (χ0v) is 21.4. The van der Waals surface area contributed by atoms with E-state index in [4.69, 9.17) is 20.3 Å². The Morgan fingerprint density at radius 2 is 1.60 bits per heavy atom. The molecule has 1 unspecified atom stereocenters. The highest BCUT2D eigenvalue weighted by Crippen LogP contribution is 2.59. The predicted molar refractivity (Wildman–Crippen MR) is 142 cm³/mol. The molecule has 0 saturated carbocycles. The first-order valence-electron chi connectivity index (χ1n) is 11.9. The number of phenols is 2. The van der Waals surface area contributed by atoms with Gasteiger partial charge in [0.2, 0.25) is 10.0 Å². The van der Waals surface area contributed by atoms with Crippen molar-refractivity contribution in [1.29, 1.82) is 0 Å². The van der Waals surface area contributed by atoms with Gasteiger partial charge in [-0.2, -0.15) is 0 Å². The number of anilines is 1. The summed E-state index contributed by atoms with van der Waals surface area (Å²) in [4.78, 5) is 27.1. The van der Waals surface area contributed by atoms with Crippen LogP contribution in [0, 0.1) is 0 Å². The second kappa shape index (κ2) is 8.73. The summed E-state index contributed by atoms with van der Waals surface area (Å²) in [5.74, 6) is -0.755. The summed E-state index contributed by atoms with van der Waals surface area (Å²) in [5, 5.41) is 26.0. The standard InChI is InChI=1S/C28H21N3O8S/c29-27(35)31(14-15-5-8-18(9-6-15)40(30,36)37)22-11-17(33)13-24-25(22)28(21-10-7-16(32)12-23(21)38-24)20-4-2-1-3-19(20)26(34)39-28/h1-13,32-33H,14H2,(H2,29,35)(H2,30,36,37). The fourth-order valence-corrected chi connectivity index (χ4v) is 5.74. The lowest BCUT2D eigenvalue weighted by molar-refractivity contribution is 0.0226. The number of rotatable bonds is 4. The molecule has 4 aromatic rings. The first-order chi connectivity index (χ1) is 19.0. The van der Waals surface area contributed by atoms with Gasteiger partial charge >= 0.3 is 12.0 Å². The van der Waals surface area contributed by atoms with Gasteiger partial charge in [0, 0.05) is 29.3 Å². The molecule has 11 nitrogen and oxygen atoms in total. The van der Waals surface area contributed by atoms with Crippen LogP contribution >= 0.6 is 0 Å². The topological polar surface area (TPSA) is 182 Å². The van der Waals surface area contributed by atoms with Crippen molar-refractivity contribution in [2.24, 2.45) is 10.9 Å². The number of carbonyl (C=O) groups is 2. The highest BCUT2D eigenvalue weighted by atomic mass is 32.2. The molecule has 6 N–H and O–H groups in total. The molecule has 0 fully saturated rings. The van der Waals surface area contributed by atoms with Crippen LogP contribution < -0.4 is 20.5 Å². The van der Waals surface area contributed by atoms with Crippen LogP contribution in [0.4, 0.5) is 10.5 Å². The number of nitrogens with two attached hydrogens (primary N) is 2. The summed E-state index contributed by atoms with van der Waals surface area (Å²) in [6, 6.07) is 18.3. The average molecular weight is 560 g/mol. The number of primary amides is 1. The van der Waals surface area contributed by atoms with Crippen molar-refractivity contribution in [3.63, 3.8) is 0 Å². The van der Waals surface area contributed by atoms with Gasteiger partial charge in [-0.25, -0.2) is 23.1 Å². The highest BCUT2D eigenvalue weighted by Gasteiger charge is 2.55. The molecule has 2 aliphatic heterocycles. The van der Waals surface area contributed by atoms with Crippen LogP contribution in [0.5, 0.6) is 23.0 Å². The Labute approximate surface area is 227 Å². The molecular formula is C28H21N3O8S. The molecule has 202 valence electrons. The Hall–Kier alpha value is -5.07. The third-order valence-corrected chi connectivity index (χ3v) is 7.83. The Kier molecular flexibility index (Phi) is 5.50. The Bertz CT molecular complexity index is 1840. The molecule has 0 aromatic heterocycles. The number of hydrogen-bond donors (Lipinski definition) is 4. The van der Waals surface area contributed by atoms with Gasteiger partial charge in [-0.15, -0.1) is 0 Å². The number of hydrogen-bond acceptors (Lipinski definition) is 8. The number of primary sulfonamides is 1. The zero-order valence-electron chi connectivity index (χ0n) is 20.6. The molecule has 0 radical (unpaired) electrons. The van der Waals surface area contributed by atoms with Gasteiger partial charge in [0.25, 0.3) is 0 Å². The van der Waals surface area contributed by atoms with Gasteiger partial charge in [-0.05, 0) is 35.9 Å². The van der Waals surface area contributed by atoms with Gasteiger partial charge in [-0.3, -0.25) is 4.90 Å². The quantitative estimate of drug-likeness (QED) is 0.274. The van der Waals surface area contributed by atoms with Crippen molar-refractivity contribution in [3.05, 3.63) is 107 Å². The number of amides is 2. The number of esters is 1. The van der Waals surface area contributed by atoms with Gasteiger partial charge in [0.15, 0.2) is 5.60 Å². The molecule has 40 heavy (non-hydrogen) atoms. The van der Waals surface area contributed by atoms with E-state index < -0.39 is 27.6 Å². The fraction of sp³-hybridized carbons (Fsp3) is 0.0714. The third-order valence-electron chi connectivity index (χ3n) is 6.90. The minimum atomic E-state index is -3.94. The number of ether oxygens (including phenoxy) is 2. The minimum absolute atomic E-state index is 0.0634. The van der Waals surface area contributed by atoms with Crippen LogP contribution in [-0.4, -0.2) is 30.6 Å². The molecule has 2 aliphatic rings. The number of phenolic OH excluding ortho intramolecular Hbond substituents is 2. The first-order valence-corrected chi connectivity index (χ1v) is 13.4. The fourth-order valence-electron chi connectivity index (χ4n) is 5.23. The predicted octanol–water partition coefficient (Wildman–Crippen LogP) is 3.40. The summed E-state index contributed by atoms with van der Waals surface area (Å²) < 4.78 is 35.6. The van der Waals surface area contributed by atoms with Crippen molar-refractivity contribution in [1.82, 2.24) is 0 Å². The maximum Gasteiger partial charge on any atom is 0.340 e. The Morgan fingerprint density at radius 3 is 2.30 bits per heavy atom. The SMILES string of the molecule is NC(=O)N(Cc1ccc(S(N)(=O)=O)cc1)c1cc(O)cc2c1C1(OC(=O)c3ccccc31)c1ccc(O)cc1O2. The number of fused-ring (bicyclic) bond motifs is 6. The van der Waals surface area contributed by atoms with E-state index >= 15 is 0 Å². The van der Waals surface area contributed by atoms with Crippen molar-refractivity contribution in [2.75, 3.05) is 4.90 Å². The molecule has 0 aliphatic carbocycles. The number of sulfonamides is 1. The summed E-state index contributed by atoms with van der Waals surface area (Å²) in [6.07, 6.45) is 0. The number of nitrogens with zero attached hydrogens (tertiary/aromatic N) is 1. The summed E-state index contributed by atoms with van der Waals surface area (Å²) >= 11 is 0. The molecule has 4 aromatic carbocycles. The van der Waals surface area contributed by atoms with Crippen molar-refractivity contribution < 1.29 is 37.7 Å². The monoisotopic (exact) mass is 559 g/mol. The van der Waals surface area contributed by atoms with E-state index in [1.807, 2.05) is 0 Å². The second-order valence-corrected chi connectivity index (χ2v) is 10.9. The summed E-state index contributed by atoms with van der Waals surface area (Å²) in [5.41, 5.74) is 6.13. The van der Waals surface area contributed by atoms with Crippen LogP contribution in [0.25, 0.3) is 0 Å². The first kappa shape index (κ1) is 25.2. The van der Waals surface area contributed by atoms with Gasteiger partial charge in [0.05, 0.1) is 28.3 Å². The van der Waals surface area contributed by atoms with E-state index in [0.717, 1.165) is 4.90 Å². The molecule has 6 rings (SSSR count). The largest absolute Gasteiger partial charge is 0.508 e. The minimum Gasteiger partial charge on any atom is -0.508 e. The Morgan fingerprint density at radius 1 is 0.900 bits per heavy atom. The van der Waals surface area contributed by atoms with E-state index in [2.05, 4.69) is 0 Å². The molecule has 1 atom stereocenters. The normalized spacial score (nSPS) is 16.9. The summed E-state index contributed by atoms with van der Waals surface area (Å²) in [6.45, 7) is -0.149. The van der Waals surface area contributed by atoms with Crippen molar-refractivity contribution >= 4 is 27.7 Å². The van der Waals surface area contributed by atoms with Crippen molar-refractivity contribution in [2.45, 2.75) is 17.0 Å². The molecule has 0 saturated heterocycles. The maximum atomic E-state index is 13.2. The lowest BCUT2D eigenvalue weighted by Crippen LogP contribution is -2.40. The molecule has 2 heterocycles. The van der Waals surface area contributed by atoms with Crippen LogP contribution in [0.2, 0.25) is 0 Å². The second-order valence-electron chi connectivity index (χ2n) is 9.35. The van der Waals surface area contributed by atoms with Crippen molar-refractivity contribution in [3.8, 4) is 23.0 Å². The number of benzene rings is 4. The van der Waals surface area contributed by atoms with Crippen LogP contribution in [0.1, 0.15) is 32.6 Å². The van der Waals surface area contributed by atoms with E-state index in [0.29, 0.717) is 16.7 Å². The maximum absolute atomic E-state index is 13.2. The molecule has 0 bridgehead atoms. The van der Waals surface area contributed by atoms with Crippen LogP contribution in [0.3, 0.4) is 0 Å². The average Bonchev–Trinajstić information content (AvgIpc) is 3.18. The zero-order chi connectivity index (χ0) is 28.4. The van der Waals surface area contributed by atoms with Gasteiger partial charge in [-0.1, -0.05) is 30.3 Å². The van der Waals surface area contributed by atoms with Crippen LogP contribution in [-0.2, 0) is 26.9 Å². The molecule has 1 spiro atoms. The van der Waals surface area contributed by atoms with Crippen LogP contribution in [0.15, 0.2) is 83.8 Å².